The van der Waals surface area contributed by atoms with Gasteiger partial charge in [-0.15, -0.1) is 0 Å². The number of nitrogens with two attached hydrogens (primary N) is 1. The van der Waals surface area contributed by atoms with Crippen molar-refractivity contribution in [3.8, 4) is 0 Å². The summed E-state index contributed by atoms with van der Waals surface area (Å²) in [7, 11) is -3.64. The minimum absolute atomic E-state index is 0.0725. The van der Waals surface area contributed by atoms with Crippen LogP contribution in [0.5, 0.6) is 0 Å². The molecule has 0 saturated carbocycles. The molecule has 1 fully saturated rings. The van der Waals surface area contributed by atoms with E-state index in [2.05, 4.69) is 20.0 Å². The van der Waals surface area contributed by atoms with E-state index in [0.29, 0.717) is 13.1 Å². The summed E-state index contributed by atoms with van der Waals surface area (Å²) in [6.07, 6.45) is 1.43. The number of thioether (sulfide) groups is 1. The van der Waals surface area contributed by atoms with Gasteiger partial charge in [-0.1, -0.05) is 0 Å². The second-order valence-electron chi connectivity index (χ2n) is 4.35. The van der Waals surface area contributed by atoms with Gasteiger partial charge in [0.2, 0.25) is 0 Å². The van der Waals surface area contributed by atoms with Gasteiger partial charge in [0.15, 0.2) is 5.03 Å². The number of rotatable bonds is 6. The van der Waals surface area contributed by atoms with Gasteiger partial charge in [-0.3, -0.25) is 5.84 Å². The molecule has 0 aliphatic carbocycles. The summed E-state index contributed by atoms with van der Waals surface area (Å²) in [5.41, 5.74) is 2.63. The normalized spacial score (nSPS) is 17.1. The van der Waals surface area contributed by atoms with Gasteiger partial charge >= 0.3 is 0 Å². The molecule has 0 aromatic carbocycles. The van der Waals surface area contributed by atoms with Crippen LogP contribution in [0.1, 0.15) is 0 Å². The predicted octanol–water partition coefficient (Wildman–Crippen LogP) is -0.306. The van der Waals surface area contributed by atoms with Gasteiger partial charge in [0.05, 0.1) is 5.69 Å². The van der Waals surface area contributed by atoms with Crippen LogP contribution in [0, 0.1) is 0 Å². The van der Waals surface area contributed by atoms with Gasteiger partial charge in [-0.05, 0) is 12.1 Å². The van der Waals surface area contributed by atoms with Gasteiger partial charge in [0.1, 0.15) is 0 Å². The average Bonchev–Trinajstić information content (AvgIpc) is 2.48. The monoisotopic (exact) mass is 317 g/mol. The Morgan fingerprint density at radius 1 is 1.40 bits per heavy atom. The molecule has 1 saturated heterocycles. The number of hydrogen-bond acceptors (Lipinski definition) is 7. The molecule has 1 aromatic heterocycles. The average molecular weight is 317 g/mol. The molecule has 4 N–H and O–H groups in total. The first-order chi connectivity index (χ1) is 9.63. The fourth-order valence-electron chi connectivity index (χ4n) is 1.95. The quantitative estimate of drug-likeness (QED) is 0.489. The Kier molecular flexibility index (Phi) is 5.61. The van der Waals surface area contributed by atoms with E-state index in [9.17, 15) is 8.42 Å². The van der Waals surface area contributed by atoms with Gasteiger partial charge in [-0.25, -0.2) is 18.1 Å². The molecular weight excluding hydrogens is 298 g/mol. The van der Waals surface area contributed by atoms with Crippen molar-refractivity contribution in [1.29, 1.82) is 0 Å². The third kappa shape index (κ3) is 4.06. The van der Waals surface area contributed by atoms with Crippen molar-refractivity contribution in [2.75, 3.05) is 43.1 Å². The van der Waals surface area contributed by atoms with Gasteiger partial charge in [0.25, 0.3) is 10.0 Å². The molecule has 0 unspecified atom stereocenters. The molecule has 2 rings (SSSR count). The third-order valence-corrected chi connectivity index (χ3v) is 5.37. The zero-order valence-corrected chi connectivity index (χ0v) is 12.7. The first-order valence-corrected chi connectivity index (χ1v) is 8.98. The number of sulfonamides is 1. The topological polar surface area (TPSA) is 100 Å². The van der Waals surface area contributed by atoms with Crippen LogP contribution in [0.15, 0.2) is 23.4 Å². The number of anilines is 1. The second kappa shape index (κ2) is 7.23. The fraction of sp³-hybridized carbons (Fsp3) is 0.545. The van der Waals surface area contributed by atoms with E-state index in [4.69, 9.17) is 5.84 Å². The molecule has 0 bridgehead atoms. The highest BCUT2D eigenvalue weighted by molar-refractivity contribution is 7.99. The zero-order valence-electron chi connectivity index (χ0n) is 11.1. The lowest BCUT2D eigenvalue weighted by molar-refractivity contribution is 0.307. The Bertz CT molecular complexity index is 531. The third-order valence-electron chi connectivity index (χ3n) is 3.01. The highest BCUT2D eigenvalue weighted by atomic mass is 32.2. The van der Waals surface area contributed by atoms with Crippen molar-refractivity contribution in [1.82, 2.24) is 14.6 Å². The Hall–Kier alpha value is -0.870. The summed E-state index contributed by atoms with van der Waals surface area (Å²) in [5, 5.41) is -0.0725. The number of pyridine rings is 1. The van der Waals surface area contributed by atoms with Crippen LogP contribution >= 0.6 is 11.8 Å². The van der Waals surface area contributed by atoms with Crippen molar-refractivity contribution < 1.29 is 8.42 Å². The summed E-state index contributed by atoms with van der Waals surface area (Å²) in [6, 6.07) is 3.20. The maximum Gasteiger partial charge on any atom is 0.260 e. The van der Waals surface area contributed by atoms with E-state index >= 15 is 0 Å². The van der Waals surface area contributed by atoms with Crippen molar-refractivity contribution in [3.63, 3.8) is 0 Å². The first kappa shape index (κ1) is 15.5. The van der Waals surface area contributed by atoms with Crippen LogP contribution in [-0.4, -0.2) is 56.0 Å². The molecule has 20 heavy (non-hydrogen) atoms. The van der Waals surface area contributed by atoms with Crippen LogP contribution in [0.25, 0.3) is 0 Å². The van der Waals surface area contributed by atoms with Gasteiger partial charge in [0, 0.05) is 43.9 Å². The lowest BCUT2D eigenvalue weighted by Crippen LogP contribution is -2.39. The van der Waals surface area contributed by atoms with E-state index in [-0.39, 0.29) is 10.7 Å². The van der Waals surface area contributed by atoms with Crippen LogP contribution < -0.4 is 16.0 Å². The van der Waals surface area contributed by atoms with E-state index < -0.39 is 10.0 Å². The SMILES string of the molecule is NNc1cccnc1S(=O)(=O)NCCN1CCSCC1. The zero-order chi connectivity index (χ0) is 14.4. The van der Waals surface area contributed by atoms with Crippen molar-refractivity contribution in [3.05, 3.63) is 18.3 Å². The Balaban J connectivity index is 1.93. The molecule has 1 aliphatic rings. The minimum atomic E-state index is -3.64. The molecule has 2 heterocycles. The van der Waals surface area contributed by atoms with Crippen LogP contribution in [0.2, 0.25) is 0 Å². The van der Waals surface area contributed by atoms with Crippen LogP contribution in [-0.2, 0) is 10.0 Å². The Labute approximate surface area is 123 Å². The molecule has 1 aromatic rings. The van der Waals surface area contributed by atoms with Crippen molar-refractivity contribution >= 4 is 27.5 Å². The summed E-state index contributed by atoms with van der Waals surface area (Å²) >= 11 is 1.93. The highest BCUT2D eigenvalue weighted by Crippen LogP contribution is 2.16. The van der Waals surface area contributed by atoms with E-state index in [0.717, 1.165) is 24.6 Å². The molecule has 7 nitrogen and oxygen atoms in total. The number of nitrogen functional groups attached to an aromatic ring is 1. The molecule has 0 radical (unpaired) electrons. The predicted molar refractivity (Wildman–Crippen MR) is 81.0 cm³/mol. The van der Waals surface area contributed by atoms with E-state index in [1.54, 1.807) is 12.1 Å². The molecule has 1 aliphatic heterocycles. The van der Waals surface area contributed by atoms with Crippen LogP contribution in [0.3, 0.4) is 0 Å². The number of hydrazine groups is 1. The smallest absolute Gasteiger partial charge is 0.260 e. The summed E-state index contributed by atoms with van der Waals surface area (Å²) < 4.78 is 26.9. The summed E-state index contributed by atoms with van der Waals surface area (Å²) in [5.74, 6) is 7.51. The highest BCUT2D eigenvalue weighted by Gasteiger charge is 2.20. The first-order valence-electron chi connectivity index (χ1n) is 6.35. The molecule has 0 atom stereocenters. The fourth-order valence-corrected chi connectivity index (χ4v) is 4.04. The number of nitrogens with one attached hydrogen (secondary N) is 2. The van der Waals surface area contributed by atoms with Gasteiger partial charge in [-0.2, -0.15) is 11.8 Å². The standard InChI is InChI=1S/C11H19N5O2S2/c12-15-10-2-1-3-13-11(10)20(17,18)14-4-5-16-6-8-19-9-7-16/h1-3,14-15H,4-9,12H2. The lowest BCUT2D eigenvalue weighted by Gasteiger charge is -2.25. The van der Waals surface area contributed by atoms with Crippen LogP contribution in [0.4, 0.5) is 5.69 Å². The number of nitrogens with zero attached hydrogens (tertiary/aromatic N) is 2. The molecular formula is C11H19N5O2S2. The Morgan fingerprint density at radius 3 is 2.85 bits per heavy atom. The number of aromatic nitrogens is 1. The molecule has 9 heteroatoms. The van der Waals surface area contributed by atoms with E-state index in [1.165, 1.54) is 6.20 Å². The van der Waals surface area contributed by atoms with Crippen molar-refractivity contribution in [2.24, 2.45) is 5.84 Å². The largest absolute Gasteiger partial charge is 0.321 e. The minimum Gasteiger partial charge on any atom is -0.321 e. The summed E-state index contributed by atoms with van der Waals surface area (Å²) in [4.78, 5) is 6.13. The van der Waals surface area contributed by atoms with Gasteiger partial charge < -0.3 is 10.3 Å². The Morgan fingerprint density at radius 2 is 2.15 bits per heavy atom. The lowest BCUT2D eigenvalue weighted by atomic mass is 10.4. The molecule has 0 spiro atoms. The van der Waals surface area contributed by atoms with Crippen molar-refractivity contribution in [2.45, 2.75) is 5.03 Å². The second-order valence-corrected chi connectivity index (χ2v) is 7.26. The number of hydrogen-bond donors (Lipinski definition) is 3. The maximum atomic E-state index is 12.2. The maximum absolute atomic E-state index is 12.2. The van der Waals surface area contributed by atoms with E-state index in [1.807, 2.05) is 11.8 Å². The summed E-state index contributed by atoms with van der Waals surface area (Å²) in [6.45, 7) is 3.09. The molecule has 112 valence electrons. The molecule has 0 amide bonds.